The number of pyridine rings is 1. The molecule has 1 N–H and O–H groups in total. The zero-order chi connectivity index (χ0) is 28.5. The van der Waals surface area contributed by atoms with Crippen LogP contribution in [0.25, 0.3) is 17.0 Å². The SMILES string of the molecule is Cc1c(CN2CCC(NC(=O)c3ccc4nccn4c3)CC2)oc2c1C(=O)C(=O)c1c-2ccc2c1CCCC2(C)C. The van der Waals surface area contributed by atoms with Crippen LogP contribution in [0, 0.1) is 6.92 Å². The molecule has 4 heterocycles. The van der Waals surface area contributed by atoms with Crippen molar-refractivity contribution < 1.29 is 18.8 Å². The lowest BCUT2D eigenvalue weighted by Gasteiger charge is -2.34. The first-order valence-corrected chi connectivity index (χ1v) is 14.6. The van der Waals surface area contributed by atoms with E-state index in [0.29, 0.717) is 29.0 Å². The number of benzene rings is 1. The molecule has 41 heavy (non-hydrogen) atoms. The number of Topliss-reactive ketones (excluding diaryl/α,β-unsaturated/α-hetero) is 2. The van der Waals surface area contributed by atoms with Crippen LogP contribution in [-0.2, 0) is 18.4 Å². The van der Waals surface area contributed by atoms with Gasteiger partial charge in [0.15, 0.2) is 0 Å². The minimum absolute atomic E-state index is 0.0182. The number of carbonyl (C=O) groups is 3. The molecule has 3 aliphatic rings. The summed E-state index contributed by atoms with van der Waals surface area (Å²) < 4.78 is 8.26. The summed E-state index contributed by atoms with van der Waals surface area (Å²) in [6, 6.07) is 7.84. The number of hydrogen-bond donors (Lipinski definition) is 1. The van der Waals surface area contributed by atoms with Crippen LogP contribution in [0.5, 0.6) is 0 Å². The number of furan rings is 1. The van der Waals surface area contributed by atoms with Crippen molar-refractivity contribution in [1.82, 2.24) is 19.6 Å². The maximum atomic E-state index is 13.5. The lowest BCUT2D eigenvalue weighted by atomic mass is 9.69. The fourth-order valence-corrected chi connectivity index (χ4v) is 6.99. The summed E-state index contributed by atoms with van der Waals surface area (Å²) in [5.41, 5.74) is 6.08. The molecule has 7 rings (SSSR count). The molecule has 8 heteroatoms. The monoisotopic (exact) mass is 550 g/mol. The molecule has 210 valence electrons. The Labute approximate surface area is 238 Å². The summed E-state index contributed by atoms with van der Waals surface area (Å²) in [7, 11) is 0. The van der Waals surface area contributed by atoms with Gasteiger partial charge in [0.2, 0.25) is 11.6 Å². The fraction of sp³-hybridized carbons (Fsp3) is 0.394. The van der Waals surface area contributed by atoms with Gasteiger partial charge in [-0.2, -0.15) is 0 Å². The predicted molar refractivity (Wildman–Crippen MR) is 154 cm³/mol. The van der Waals surface area contributed by atoms with Crippen LogP contribution in [0.15, 0.2) is 47.3 Å². The highest BCUT2D eigenvalue weighted by atomic mass is 16.3. The third kappa shape index (κ3) is 4.23. The van der Waals surface area contributed by atoms with Gasteiger partial charge in [0, 0.05) is 54.4 Å². The van der Waals surface area contributed by atoms with Crippen molar-refractivity contribution in [3.63, 3.8) is 0 Å². The Kier molecular flexibility index (Phi) is 6.01. The molecule has 1 amide bonds. The molecule has 1 saturated heterocycles. The Morgan fingerprint density at radius 1 is 1.10 bits per heavy atom. The minimum Gasteiger partial charge on any atom is -0.459 e. The molecule has 1 aromatic carbocycles. The van der Waals surface area contributed by atoms with Gasteiger partial charge in [0.1, 0.15) is 17.2 Å². The van der Waals surface area contributed by atoms with Crippen LogP contribution in [0.1, 0.15) is 93.1 Å². The smallest absolute Gasteiger partial charge is 0.252 e. The van der Waals surface area contributed by atoms with Crippen molar-refractivity contribution >= 4 is 23.1 Å². The number of imidazole rings is 1. The first-order valence-electron chi connectivity index (χ1n) is 14.6. The Bertz CT molecular complexity index is 1740. The second-order valence-electron chi connectivity index (χ2n) is 12.4. The number of rotatable bonds is 4. The van der Waals surface area contributed by atoms with Crippen LogP contribution >= 0.6 is 0 Å². The molecule has 8 nitrogen and oxygen atoms in total. The zero-order valence-corrected chi connectivity index (χ0v) is 23.8. The van der Waals surface area contributed by atoms with Gasteiger partial charge >= 0.3 is 0 Å². The Morgan fingerprint density at radius 3 is 2.68 bits per heavy atom. The maximum Gasteiger partial charge on any atom is 0.252 e. The molecule has 0 spiro atoms. The van der Waals surface area contributed by atoms with Gasteiger partial charge in [-0.3, -0.25) is 19.3 Å². The van der Waals surface area contributed by atoms with Gasteiger partial charge in [-0.1, -0.05) is 26.0 Å². The van der Waals surface area contributed by atoms with Crippen LogP contribution < -0.4 is 5.32 Å². The first-order chi connectivity index (χ1) is 19.7. The quantitative estimate of drug-likeness (QED) is 0.347. The summed E-state index contributed by atoms with van der Waals surface area (Å²) in [6.45, 7) is 8.46. The number of fused-ring (bicyclic) bond motifs is 6. The summed E-state index contributed by atoms with van der Waals surface area (Å²) in [5.74, 6) is 0.341. The molecule has 0 saturated carbocycles. The highest BCUT2D eigenvalue weighted by Crippen LogP contribution is 2.45. The van der Waals surface area contributed by atoms with E-state index in [1.807, 2.05) is 29.7 Å². The molecular formula is C33H34N4O4. The number of amides is 1. The topological polar surface area (TPSA) is 96.9 Å². The van der Waals surface area contributed by atoms with Crippen molar-refractivity contribution in [1.29, 1.82) is 0 Å². The number of nitrogens with zero attached hydrogens (tertiary/aromatic N) is 3. The normalized spacial score (nSPS) is 18.7. The summed E-state index contributed by atoms with van der Waals surface area (Å²) in [4.78, 5) is 46.2. The maximum absolute atomic E-state index is 13.5. The van der Waals surface area contributed by atoms with E-state index >= 15 is 0 Å². The predicted octanol–water partition coefficient (Wildman–Crippen LogP) is 5.29. The average molecular weight is 551 g/mol. The number of piperidine rings is 1. The number of carbonyl (C=O) groups excluding carboxylic acids is 3. The summed E-state index contributed by atoms with van der Waals surface area (Å²) >= 11 is 0. The van der Waals surface area contributed by atoms with Crippen LogP contribution in [0.3, 0.4) is 0 Å². The lowest BCUT2D eigenvalue weighted by molar-refractivity contribution is 0.0813. The molecule has 0 radical (unpaired) electrons. The molecule has 1 aliphatic heterocycles. The molecule has 0 atom stereocenters. The lowest BCUT2D eigenvalue weighted by Crippen LogP contribution is -2.44. The number of aromatic nitrogens is 2. The molecule has 2 aliphatic carbocycles. The van der Waals surface area contributed by atoms with Crippen LogP contribution in [-0.4, -0.2) is 50.9 Å². The van der Waals surface area contributed by atoms with Gasteiger partial charge < -0.3 is 14.1 Å². The van der Waals surface area contributed by atoms with Crippen molar-refractivity contribution in [2.45, 2.75) is 70.9 Å². The van der Waals surface area contributed by atoms with Crippen molar-refractivity contribution in [2.24, 2.45) is 0 Å². The summed E-state index contributed by atoms with van der Waals surface area (Å²) in [5, 5.41) is 3.17. The molecule has 4 aromatic rings. The van der Waals surface area contributed by atoms with Gasteiger partial charge in [-0.05, 0) is 67.7 Å². The first kappa shape index (κ1) is 25.9. The number of ketones is 2. The van der Waals surface area contributed by atoms with Gasteiger partial charge in [-0.25, -0.2) is 4.98 Å². The van der Waals surface area contributed by atoms with Crippen molar-refractivity contribution in [2.75, 3.05) is 13.1 Å². The van der Waals surface area contributed by atoms with Gasteiger partial charge in [0.25, 0.3) is 5.91 Å². The van der Waals surface area contributed by atoms with Crippen LogP contribution in [0.4, 0.5) is 0 Å². The highest BCUT2D eigenvalue weighted by molar-refractivity contribution is 6.53. The zero-order valence-electron chi connectivity index (χ0n) is 23.8. The largest absolute Gasteiger partial charge is 0.459 e. The Balaban J connectivity index is 1.07. The minimum atomic E-state index is -0.452. The molecule has 1 fully saturated rings. The summed E-state index contributed by atoms with van der Waals surface area (Å²) in [6.07, 6.45) is 9.87. The van der Waals surface area contributed by atoms with Gasteiger partial charge in [0.05, 0.1) is 17.7 Å². The van der Waals surface area contributed by atoms with Gasteiger partial charge in [-0.15, -0.1) is 0 Å². The van der Waals surface area contributed by atoms with E-state index < -0.39 is 11.6 Å². The number of likely N-dealkylation sites (tertiary alicyclic amines) is 1. The standard InChI is InChI=1S/C33H34N4O4/c1-19-25(18-36-14-10-21(11-15-36)35-32(40)20-6-9-26-34-13-16-37(26)17-20)41-31-23-7-8-24-22(5-4-12-33(24,2)3)28(23)30(39)29(38)27(19)31/h6-9,13,16-17,21H,4-5,10-12,14-15,18H2,1-3H3,(H,35,40). The van der Waals surface area contributed by atoms with E-state index in [0.717, 1.165) is 73.3 Å². The Hall–Kier alpha value is -4.04. The number of hydrogen-bond acceptors (Lipinski definition) is 6. The van der Waals surface area contributed by atoms with E-state index in [4.69, 9.17) is 4.42 Å². The van der Waals surface area contributed by atoms with E-state index in [2.05, 4.69) is 35.1 Å². The van der Waals surface area contributed by atoms with E-state index in [9.17, 15) is 14.4 Å². The second kappa shape index (κ2) is 9.52. The fourth-order valence-electron chi connectivity index (χ4n) is 6.99. The van der Waals surface area contributed by atoms with Crippen molar-refractivity contribution in [3.05, 3.63) is 82.0 Å². The van der Waals surface area contributed by atoms with E-state index in [1.165, 1.54) is 5.56 Å². The number of nitrogens with one attached hydrogen (secondary N) is 1. The van der Waals surface area contributed by atoms with Crippen molar-refractivity contribution in [3.8, 4) is 11.3 Å². The molecule has 3 aromatic heterocycles. The third-order valence-electron chi connectivity index (χ3n) is 9.36. The Morgan fingerprint density at radius 2 is 1.88 bits per heavy atom. The highest BCUT2D eigenvalue weighted by Gasteiger charge is 2.40. The molecule has 0 bridgehead atoms. The second-order valence-corrected chi connectivity index (χ2v) is 12.4. The third-order valence-corrected chi connectivity index (χ3v) is 9.36. The van der Waals surface area contributed by atoms with E-state index in [-0.39, 0.29) is 17.4 Å². The van der Waals surface area contributed by atoms with E-state index in [1.54, 1.807) is 18.5 Å². The average Bonchev–Trinajstić information content (AvgIpc) is 3.56. The van der Waals surface area contributed by atoms with Crippen LogP contribution in [0.2, 0.25) is 0 Å². The molecular weight excluding hydrogens is 516 g/mol. The molecule has 0 unspecified atom stereocenters.